The second-order valence-corrected chi connectivity index (χ2v) is 4.19. The summed E-state index contributed by atoms with van der Waals surface area (Å²) in [6, 6.07) is 20.0. The maximum Gasteiger partial charge on any atom is 0.119 e. The van der Waals surface area contributed by atoms with E-state index in [0.717, 1.165) is 16.9 Å². The van der Waals surface area contributed by atoms with E-state index in [9.17, 15) is 0 Å². The zero-order valence-corrected chi connectivity index (χ0v) is 10.3. The van der Waals surface area contributed by atoms with Gasteiger partial charge in [0.25, 0.3) is 0 Å². The van der Waals surface area contributed by atoms with Crippen LogP contribution in [0, 0.1) is 11.3 Å². The first-order chi connectivity index (χ1) is 8.79. The summed E-state index contributed by atoms with van der Waals surface area (Å²) in [5.74, 6) is 0.751. The Labute approximate surface area is 107 Å². The lowest BCUT2D eigenvalue weighted by molar-refractivity contribution is 0.306. The molecule has 2 aromatic carbocycles. The van der Waals surface area contributed by atoms with E-state index in [1.807, 2.05) is 61.5 Å². The number of nitrogens with zero attached hydrogens (tertiary/aromatic N) is 1. The van der Waals surface area contributed by atoms with Gasteiger partial charge in [-0.3, -0.25) is 0 Å². The van der Waals surface area contributed by atoms with Crippen molar-refractivity contribution < 1.29 is 4.74 Å². The van der Waals surface area contributed by atoms with E-state index < -0.39 is 0 Å². The summed E-state index contributed by atoms with van der Waals surface area (Å²) in [6.07, 6.45) is 0. The van der Waals surface area contributed by atoms with Crippen molar-refractivity contribution in [3.8, 4) is 11.8 Å². The van der Waals surface area contributed by atoms with Crippen LogP contribution in [0.15, 0.2) is 54.6 Å². The number of nitriles is 1. The van der Waals surface area contributed by atoms with Crippen molar-refractivity contribution in [1.82, 2.24) is 0 Å². The summed E-state index contributed by atoms with van der Waals surface area (Å²) < 4.78 is 5.68. The van der Waals surface area contributed by atoms with Crippen molar-refractivity contribution in [3.63, 3.8) is 0 Å². The number of hydrogen-bond acceptors (Lipinski definition) is 2. The van der Waals surface area contributed by atoms with Gasteiger partial charge in [-0.05, 0) is 30.2 Å². The van der Waals surface area contributed by atoms with E-state index in [4.69, 9.17) is 10.00 Å². The molecule has 90 valence electrons. The van der Waals surface area contributed by atoms with Crippen molar-refractivity contribution in [1.29, 1.82) is 5.26 Å². The summed E-state index contributed by atoms with van der Waals surface area (Å²) in [6.45, 7) is 2.45. The Kier molecular flexibility index (Phi) is 3.98. The van der Waals surface area contributed by atoms with Gasteiger partial charge in [0, 0.05) is 0 Å². The minimum Gasteiger partial charge on any atom is -0.489 e. The molecule has 0 amide bonds. The van der Waals surface area contributed by atoms with Gasteiger partial charge in [0.05, 0.1) is 12.0 Å². The Morgan fingerprint density at radius 2 is 1.72 bits per heavy atom. The molecule has 0 aliphatic heterocycles. The second-order valence-electron chi connectivity index (χ2n) is 4.19. The Morgan fingerprint density at radius 1 is 1.06 bits per heavy atom. The number of benzene rings is 2. The molecule has 0 spiro atoms. The van der Waals surface area contributed by atoms with Crippen LogP contribution in [-0.2, 0) is 6.61 Å². The molecule has 2 aromatic rings. The van der Waals surface area contributed by atoms with Crippen LogP contribution >= 0.6 is 0 Å². The molecule has 0 radical (unpaired) electrons. The van der Waals surface area contributed by atoms with Crippen molar-refractivity contribution in [2.75, 3.05) is 0 Å². The Hall–Kier alpha value is -2.27. The van der Waals surface area contributed by atoms with Crippen LogP contribution in [0.25, 0.3) is 0 Å². The molecule has 0 saturated carbocycles. The summed E-state index contributed by atoms with van der Waals surface area (Å²) in [5.41, 5.74) is 2.16. The van der Waals surface area contributed by atoms with Crippen molar-refractivity contribution >= 4 is 0 Å². The molecule has 0 bridgehead atoms. The van der Waals surface area contributed by atoms with Crippen molar-refractivity contribution in [2.45, 2.75) is 19.4 Å². The van der Waals surface area contributed by atoms with Crippen LogP contribution < -0.4 is 4.74 Å². The highest BCUT2D eigenvalue weighted by Crippen LogP contribution is 2.19. The van der Waals surface area contributed by atoms with E-state index in [1.54, 1.807) is 0 Å². The minimum absolute atomic E-state index is 0.0758. The van der Waals surface area contributed by atoms with Gasteiger partial charge in [0.2, 0.25) is 0 Å². The lowest BCUT2D eigenvalue weighted by Crippen LogP contribution is -1.95. The van der Waals surface area contributed by atoms with Crippen LogP contribution in [0.1, 0.15) is 24.0 Å². The molecule has 1 atom stereocenters. The molecule has 0 unspecified atom stereocenters. The first-order valence-corrected chi connectivity index (χ1v) is 5.96. The maximum absolute atomic E-state index is 8.83. The summed E-state index contributed by atoms with van der Waals surface area (Å²) >= 11 is 0. The van der Waals surface area contributed by atoms with E-state index in [-0.39, 0.29) is 5.92 Å². The fourth-order valence-electron chi connectivity index (χ4n) is 1.67. The maximum atomic E-state index is 8.83. The molecule has 0 aromatic heterocycles. The van der Waals surface area contributed by atoms with Crippen molar-refractivity contribution in [2.24, 2.45) is 0 Å². The van der Waals surface area contributed by atoms with E-state index >= 15 is 0 Å². The average Bonchev–Trinajstić information content (AvgIpc) is 2.46. The molecular formula is C16H15NO. The first kappa shape index (κ1) is 12.2. The third-order valence-electron chi connectivity index (χ3n) is 2.82. The van der Waals surface area contributed by atoms with Gasteiger partial charge in [-0.15, -0.1) is 0 Å². The van der Waals surface area contributed by atoms with Crippen LogP contribution in [-0.4, -0.2) is 0 Å². The monoisotopic (exact) mass is 237 g/mol. The normalized spacial score (nSPS) is 11.6. The number of hydrogen-bond donors (Lipinski definition) is 0. The third-order valence-corrected chi connectivity index (χ3v) is 2.82. The van der Waals surface area contributed by atoms with Crippen LogP contribution in [0.4, 0.5) is 0 Å². The predicted octanol–water partition coefficient (Wildman–Crippen LogP) is 3.89. The predicted molar refractivity (Wildman–Crippen MR) is 71.2 cm³/mol. The largest absolute Gasteiger partial charge is 0.489 e. The Balaban J connectivity index is 1.97. The zero-order valence-electron chi connectivity index (χ0n) is 10.3. The van der Waals surface area contributed by atoms with Gasteiger partial charge >= 0.3 is 0 Å². The molecule has 0 saturated heterocycles. The molecule has 0 N–H and O–H groups in total. The molecule has 0 aliphatic carbocycles. The highest BCUT2D eigenvalue weighted by atomic mass is 16.5. The molecular weight excluding hydrogens is 222 g/mol. The molecule has 2 nitrogen and oxygen atoms in total. The smallest absolute Gasteiger partial charge is 0.119 e. The van der Waals surface area contributed by atoms with Crippen LogP contribution in [0.5, 0.6) is 5.75 Å². The van der Waals surface area contributed by atoms with Crippen LogP contribution in [0.2, 0.25) is 0 Å². The summed E-state index contributed by atoms with van der Waals surface area (Å²) in [7, 11) is 0. The van der Waals surface area contributed by atoms with E-state index in [1.165, 1.54) is 0 Å². The van der Waals surface area contributed by atoms with Gasteiger partial charge in [-0.25, -0.2) is 0 Å². The Morgan fingerprint density at radius 3 is 2.33 bits per heavy atom. The molecule has 0 heterocycles. The van der Waals surface area contributed by atoms with Gasteiger partial charge in [0.1, 0.15) is 12.4 Å². The quantitative estimate of drug-likeness (QED) is 0.808. The third kappa shape index (κ3) is 3.11. The van der Waals surface area contributed by atoms with Gasteiger partial charge in [-0.1, -0.05) is 42.5 Å². The minimum atomic E-state index is -0.0758. The topological polar surface area (TPSA) is 33.0 Å². The SMILES string of the molecule is C[C@H](C#N)c1ccc(OCc2ccccc2)cc1. The van der Waals surface area contributed by atoms with Gasteiger partial charge in [0.15, 0.2) is 0 Å². The van der Waals surface area contributed by atoms with E-state index in [0.29, 0.717) is 6.61 Å². The fourth-order valence-corrected chi connectivity index (χ4v) is 1.67. The second kappa shape index (κ2) is 5.88. The lowest BCUT2D eigenvalue weighted by atomic mass is 10.0. The summed E-state index contributed by atoms with van der Waals surface area (Å²) in [4.78, 5) is 0. The van der Waals surface area contributed by atoms with Gasteiger partial charge in [-0.2, -0.15) is 5.26 Å². The Bertz CT molecular complexity index is 525. The molecule has 0 aliphatic rings. The number of rotatable bonds is 4. The average molecular weight is 237 g/mol. The highest BCUT2D eigenvalue weighted by Gasteiger charge is 2.03. The first-order valence-electron chi connectivity index (χ1n) is 5.96. The molecule has 0 fully saturated rings. The highest BCUT2D eigenvalue weighted by molar-refractivity contribution is 5.31. The molecule has 2 rings (SSSR count). The lowest BCUT2D eigenvalue weighted by Gasteiger charge is -2.08. The summed E-state index contributed by atoms with van der Waals surface area (Å²) in [5, 5.41) is 8.83. The molecule has 2 heteroatoms. The number of ether oxygens (including phenoxy) is 1. The molecule has 18 heavy (non-hydrogen) atoms. The van der Waals surface area contributed by atoms with Gasteiger partial charge < -0.3 is 4.74 Å². The zero-order chi connectivity index (χ0) is 12.8. The van der Waals surface area contributed by atoms with Crippen LogP contribution in [0.3, 0.4) is 0 Å². The fraction of sp³-hybridized carbons (Fsp3) is 0.188. The standard InChI is InChI=1S/C16H15NO/c1-13(11-17)15-7-9-16(10-8-15)18-12-14-5-3-2-4-6-14/h2-10,13H,12H2,1H3/t13-/m1/s1. The van der Waals surface area contributed by atoms with Crippen molar-refractivity contribution in [3.05, 3.63) is 65.7 Å². The van der Waals surface area contributed by atoms with E-state index in [2.05, 4.69) is 6.07 Å².